The molecule has 106 valence electrons. The molecule has 0 aliphatic rings. The molecule has 0 radical (unpaired) electrons. The fourth-order valence-electron chi connectivity index (χ4n) is 2.38. The van der Waals surface area contributed by atoms with Gasteiger partial charge in [0.05, 0.1) is 11.1 Å². The molecule has 5 heteroatoms. The summed E-state index contributed by atoms with van der Waals surface area (Å²) in [5.41, 5.74) is 3.54. The number of benzene rings is 2. The molecule has 0 aliphatic heterocycles. The van der Waals surface area contributed by atoms with Crippen molar-refractivity contribution < 1.29 is 14.3 Å². The number of H-pyrrole nitrogens is 1. The second kappa shape index (κ2) is 4.70. The van der Waals surface area contributed by atoms with Crippen LogP contribution >= 0.6 is 0 Å². The third-order valence-electron chi connectivity index (χ3n) is 3.64. The maximum atomic E-state index is 13.5. The van der Waals surface area contributed by atoms with E-state index in [4.69, 9.17) is 5.11 Å². The van der Waals surface area contributed by atoms with Crippen LogP contribution in [0, 0.1) is 19.7 Å². The van der Waals surface area contributed by atoms with Gasteiger partial charge in [-0.1, -0.05) is 18.2 Å². The van der Waals surface area contributed by atoms with Crippen LogP contribution in [0.25, 0.3) is 22.4 Å². The lowest BCUT2D eigenvalue weighted by atomic mass is 10.0. The Labute approximate surface area is 120 Å². The van der Waals surface area contributed by atoms with Gasteiger partial charge in [0.25, 0.3) is 0 Å². The molecule has 21 heavy (non-hydrogen) atoms. The zero-order chi connectivity index (χ0) is 15.1. The first-order valence-corrected chi connectivity index (χ1v) is 6.46. The Morgan fingerprint density at radius 3 is 2.76 bits per heavy atom. The van der Waals surface area contributed by atoms with E-state index in [1.807, 2.05) is 32.0 Å². The smallest absolute Gasteiger partial charge is 0.338 e. The van der Waals surface area contributed by atoms with Gasteiger partial charge in [-0.15, -0.1) is 0 Å². The highest BCUT2D eigenvalue weighted by Crippen LogP contribution is 2.27. The molecule has 4 nitrogen and oxygen atoms in total. The van der Waals surface area contributed by atoms with Crippen molar-refractivity contribution in [2.75, 3.05) is 0 Å². The van der Waals surface area contributed by atoms with Crippen molar-refractivity contribution in [1.82, 2.24) is 9.97 Å². The van der Waals surface area contributed by atoms with Crippen LogP contribution in [-0.2, 0) is 0 Å². The van der Waals surface area contributed by atoms with Gasteiger partial charge in [-0.05, 0) is 37.1 Å². The van der Waals surface area contributed by atoms with Crippen LogP contribution in [0.15, 0.2) is 30.3 Å². The lowest BCUT2D eigenvalue weighted by Gasteiger charge is -2.05. The number of hydrogen-bond acceptors (Lipinski definition) is 2. The zero-order valence-corrected chi connectivity index (χ0v) is 11.6. The van der Waals surface area contributed by atoms with Gasteiger partial charge in [-0.2, -0.15) is 0 Å². The summed E-state index contributed by atoms with van der Waals surface area (Å²) in [4.78, 5) is 18.6. The number of nitrogens with one attached hydrogen (secondary N) is 1. The standard InChI is InChI=1S/C16H13FN2O2/c1-8-4-3-5-11(9(8)2)15-18-13-7-10(17)6-12(16(20)21)14(13)19-15/h3-7H,1-2H3,(H,18,19)(H,20,21). The molecular formula is C16H13FN2O2. The van der Waals surface area contributed by atoms with Gasteiger partial charge in [0, 0.05) is 5.56 Å². The largest absolute Gasteiger partial charge is 0.478 e. The number of nitrogens with zero attached hydrogens (tertiary/aromatic N) is 1. The maximum Gasteiger partial charge on any atom is 0.338 e. The summed E-state index contributed by atoms with van der Waals surface area (Å²) in [6.45, 7) is 3.96. The second-order valence-electron chi connectivity index (χ2n) is 4.99. The van der Waals surface area contributed by atoms with E-state index in [0.717, 1.165) is 22.8 Å². The van der Waals surface area contributed by atoms with Gasteiger partial charge in [-0.25, -0.2) is 14.2 Å². The molecule has 0 aliphatic carbocycles. The molecule has 0 amide bonds. The van der Waals surface area contributed by atoms with Gasteiger partial charge in [0.2, 0.25) is 0 Å². The number of carbonyl (C=O) groups is 1. The van der Waals surface area contributed by atoms with Crippen LogP contribution in [0.1, 0.15) is 21.5 Å². The van der Waals surface area contributed by atoms with E-state index in [0.29, 0.717) is 11.3 Å². The summed E-state index contributed by atoms with van der Waals surface area (Å²) in [6.07, 6.45) is 0. The Kier molecular flexibility index (Phi) is 2.97. The Morgan fingerprint density at radius 2 is 2.05 bits per heavy atom. The van der Waals surface area contributed by atoms with Crippen molar-refractivity contribution >= 4 is 17.0 Å². The molecule has 0 saturated heterocycles. The van der Waals surface area contributed by atoms with Crippen molar-refractivity contribution in [3.05, 3.63) is 52.8 Å². The first-order chi connectivity index (χ1) is 9.97. The van der Waals surface area contributed by atoms with Crippen LogP contribution < -0.4 is 0 Å². The second-order valence-corrected chi connectivity index (χ2v) is 4.99. The van der Waals surface area contributed by atoms with Crippen molar-refractivity contribution in [3.8, 4) is 11.4 Å². The number of fused-ring (bicyclic) bond motifs is 1. The van der Waals surface area contributed by atoms with Crippen LogP contribution in [-0.4, -0.2) is 21.0 Å². The summed E-state index contributed by atoms with van der Waals surface area (Å²) in [7, 11) is 0. The molecule has 0 saturated carbocycles. The fourth-order valence-corrected chi connectivity index (χ4v) is 2.38. The van der Waals surface area contributed by atoms with Gasteiger partial charge < -0.3 is 10.1 Å². The highest BCUT2D eigenvalue weighted by Gasteiger charge is 2.16. The summed E-state index contributed by atoms with van der Waals surface area (Å²) in [5, 5.41) is 9.17. The molecule has 3 rings (SSSR count). The number of carboxylic acid groups (broad SMARTS) is 1. The van der Waals surface area contributed by atoms with Gasteiger partial charge in [0.1, 0.15) is 17.2 Å². The Hall–Kier alpha value is -2.69. The quantitative estimate of drug-likeness (QED) is 0.754. The highest BCUT2D eigenvalue weighted by molar-refractivity contribution is 6.01. The number of halogens is 1. The number of hydrogen-bond donors (Lipinski definition) is 2. The monoisotopic (exact) mass is 284 g/mol. The maximum absolute atomic E-state index is 13.5. The molecule has 1 aromatic heterocycles. The Balaban J connectivity index is 2.29. The van der Waals surface area contributed by atoms with E-state index in [1.165, 1.54) is 6.07 Å². The molecule has 0 spiro atoms. The number of imidazole rings is 1. The first-order valence-electron chi connectivity index (χ1n) is 6.46. The molecule has 2 aromatic carbocycles. The normalized spacial score (nSPS) is 11.0. The van der Waals surface area contributed by atoms with Crippen molar-refractivity contribution in [2.45, 2.75) is 13.8 Å². The number of aryl methyl sites for hydroxylation is 1. The molecule has 0 atom stereocenters. The molecule has 0 fully saturated rings. The van der Waals surface area contributed by atoms with Gasteiger partial charge in [0.15, 0.2) is 0 Å². The summed E-state index contributed by atoms with van der Waals surface area (Å²) in [6, 6.07) is 8.03. The van der Waals surface area contributed by atoms with E-state index < -0.39 is 11.8 Å². The molecule has 0 bridgehead atoms. The molecular weight excluding hydrogens is 271 g/mol. The number of aromatic carboxylic acids is 1. The van der Waals surface area contributed by atoms with Gasteiger partial charge in [-0.3, -0.25) is 0 Å². The Bertz CT molecular complexity index is 868. The average Bonchev–Trinajstić information content (AvgIpc) is 2.84. The van der Waals surface area contributed by atoms with E-state index in [9.17, 15) is 9.18 Å². The van der Waals surface area contributed by atoms with Crippen molar-refractivity contribution in [1.29, 1.82) is 0 Å². The topological polar surface area (TPSA) is 66.0 Å². The van der Waals surface area contributed by atoms with Crippen molar-refractivity contribution in [3.63, 3.8) is 0 Å². The van der Waals surface area contributed by atoms with Crippen LogP contribution in [0.4, 0.5) is 4.39 Å². The SMILES string of the molecule is Cc1cccc(-c2nc3c(C(=O)O)cc(F)cc3[nH]2)c1C. The third-order valence-corrected chi connectivity index (χ3v) is 3.64. The lowest BCUT2D eigenvalue weighted by molar-refractivity contribution is 0.0698. The number of carboxylic acids is 1. The van der Waals surface area contributed by atoms with E-state index in [2.05, 4.69) is 9.97 Å². The minimum atomic E-state index is -1.20. The Morgan fingerprint density at radius 1 is 1.29 bits per heavy atom. The first kappa shape index (κ1) is 13.3. The van der Waals surface area contributed by atoms with E-state index in [-0.39, 0.29) is 11.1 Å². The van der Waals surface area contributed by atoms with E-state index >= 15 is 0 Å². The fraction of sp³-hybridized carbons (Fsp3) is 0.125. The van der Waals surface area contributed by atoms with Crippen molar-refractivity contribution in [2.24, 2.45) is 0 Å². The predicted molar refractivity (Wildman–Crippen MR) is 77.9 cm³/mol. The van der Waals surface area contributed by atoms with Crippen LogP contribution in [0.5, 0.6) is 0 Å². The zero-order valence-electron chi connectivity index (χ0n) is 11.6. The number of aromatic amines is 1. The average molecular weight is 284 g/mol. The van der Waals surface area contributed by atoms with Crippen LogP contribution in [0.3, 0.4) is 0 Å². The highest BCUT2D eigenvalue weighted by atomic mass is 19.1. The van der Waals surface area contributed by atoms with E-state index in [1.54, 1.807) is 0 Å². The summed E-state index contributed by atoms with van der Waals surface area (Å²) < 4.78 is 13.5. The molecule has 0 unspecified atom stereocenters. The lowest BCUT2D eigenvalue weighted by Crippen LogP contribution is -1.98. The third kappa shape index (κ3) is 2.16. The number of aromatic nitrogens is 2. The summed E-state index contributed by atoms with van der Waals surface area (Å²) in [5.74, 6) is -1.26. The summed E-state index contributed by atoms with van der Waals surface area (Å²) >= 11 is 0. The molecule has 2 N–H and O–H groups in total. The molecule has 3 aromatic rings. The minimum absolute atomic E-state index is 0.141. The van der Waals surface area contributed by atoms with Crippen LogP contribution in [0.2, 0.25) is 0 Å². The molecule has 1 heterocycles. The number of rotatable bonds is 2. The minimum Gasteiger partial charge on any atom is -0.478 e. The predicted octanol–water partition coefficient (Wildman–Crippen LogP) is 3.68. The van der Waals surface area contributed by atoms with Gasteiger partial charge >= 0.3 is 5.97 Å².